The van der Waals surface area contributed by atoms with Crippen LogP contribution in [-0.4, -0.2) is 29.4 Å². The molecule has 0 aliphatic carbocycles. The van der Waals surface area contributed by atoms with Crippen molar-refractivity contribution in [2.75, 3.05) is 13.7 Å². The largest absolute Gasteiger partial charge is 0.497 e. The summed E-state index contributed by atoms with van der Waals surface area (Å²) in [5.74, 6) is 1.69. The zero-order valence-electron chi connectivity index (χ0n) is 19.3. The summed E-state index contributed by atoms with van der Waals surface area (Å²) in [6.07, 6.45) is 2.43. The van der Waals surface area contributed by atoms with Gasteiger partial charge in [0.15, 0.2) is 5.76 Å². The number of rotatable bonds is 11. The summed E-state index contributed by atoms with van der Waals surface area (Å²) in [4.78, 5) is 19.1. The second kappa shape index (κ2) is 11.8. The molecule has 6 nitrogen and oxygen atoms in total. The fourth-order valence-corrected chi connectivity index (χ4v) is 3.74. The number of carbonyl (C=O) groups excluding carboxylic acids is 1. The average Bonchev–Trinajstić information content (AvgIpc) is 3.34. The zero-order valence-corrected chi connectivity index (χ0v) is 19.3. The molecule has 4 aromatic rings. The highest BCUT2D eigenvalue weighted by molar-refractivity contribution is 5.91. The molecule has 174 valence electrons. The highest BCUT2D eigenvalue weighted by Crippen LogP contribution is 2.18. The van der Waals surface area contributed by atoms with E-state index in [4.69, 9.17) is 9.15 Å². The van der Waals surface area contributed by atoms with Crippen molar-refractivity contribution in [2.24, 2.45) is 0 Å². The van der Waals surface area contributed by atoms with Crippen molar-refractivity contribution < 1.29 is 13.9 Å². The van der Waals surface area contributed by atoms with Crippen LogP contribution >= 0.6 is 0 Å². The van der Waals surface area contributed by atoms with Crippen LogP contribution in [0.2, 0.25) is 0 Å². The predicted molar refractivity (Wildman–Crippen MR) is 131 cm³/mol. The molecule has 0 aliphatic rings. The Hall–Kier alpha value is -3.90. The van der Waals surface area contributed by atoms with Crippen LogP contribution in [0.4, 0.5) is 0 Å². The lowest BCUT2D eigenvalue weighted by Gasteiger charge is -2.21. The number of nitrogens with zero attached hydrogens (tertiary/aromatic N) is 2. The van der Waals surface area contributed by atoms with Gasteiger partial charge in [-0.25, -0.2) is 0 Å². The summed E-state index contributed by atoms with van der Waals surface area (Å²) in [6, 6.07) is 27.8. The van der Waals surface area contributed by atoms with Crippen LogP contribution in [0.15, 0.2) is 95.5 Å². The van der Waals surface area contributed by atoms with Gasteiger partial charge in [0.25, 0.3) is 5.91 Å². The number of pyridine rings is 1. The van der Waals surface area contributed by atoms with Crippen molar-refractivity contribution in [1.29, 1.82) is 0 Å². The first-order valence-electron chi connectivity index (χ1n) is 11.4. The maximum absolute atomic E-state index is 12.5. The van der Waals surface area contributed by atoms with E-state index in [0.717, 1.165) is 30.3 Å². The quantitative estimate of drug-likeness (QED) is 0.350. The van der Waals surface area contributed by atoms with E-state index in [1.54, 1.807) is 19.4 Å². The molecule has 0 aliphatic heterocycles. The lowest BCUT2D eigenvalue weighted by molar-refractivity contribution is 0.0922. The number of amides is 1. The second-order valence-electron chi connectivity index (χ2n) is 8.07. The van der Waals surface area contributed by atoms with Crippen molar-refractivity contribution in [3.8, 4) is 5.75 Å². The van der Waals surface area contributed by atoms with Crippen LogP contribution < -0.4 is 10.1 Å². The first kappa shape index (κ1) is 23.3. The molecule has 0 atom stereocenters. The number of hydrogen-bond acceptors (Lipinski definition) is 5. The lowest BCUT2D eigenvalue weighted by Crippen LogP contribution is -2.25. The molecule has 4 rings (SSSR count). The molecule has 6 heteroatoms. The van der Waals surface area contributed by atoms with Crippen LogP contribution in [0.25, 0.3) is 0 Å². The Kier molecular flexibility index (Phi) is 8.08. The Morgan fingerprint density at radius 2 is 1.62 bits per heavy atom. The minimum Gasteiger partial charge on any atom is -0.497 e. The van der Waals surface area contributed by atoms with E-state index in [0.29, 0.717) is 25.3 Å². The fraction of sp³-hybridized carbons (Fsp3) is 0.214. The van der Waals surface area contributed by atoms with Gasteiger partial charge in [0.05, 0.1) is 13.7 Å². The number of aromatic nitrogens is 1. The number of ether oxygens (including phenoxy) is 1. The van der Waals surface area contributed by atoms with Gasteiger partial charge in [-0.2, -0.15) is 0 Å². The maximum Gasteiger partial charge on any atom is 0.287 e. The van der Waals surface area contributed by atoms with E-state index < -0.39 is 0 Å². The number of hydrogen-bond donors (Lipinski definition) is 1. The highest BCUT2D eigenvalue weighted by atomic mass is 16.5. The van der Waals surface area contributed by atoms with Crippen LogP contribution in [-0.2, 0) is 26.1 Å². The molecule has 2 aromatic carbocycles. The Morgan fingerprint density at radius 1 is 0.882 bits per heavy atom. The van der Waals surface area contributed by atoms with E-state index in [2.05, 4.69) is 39.5 Å². The van der Waals surface area contributed by atoms with Crippen LogP contribution in [0, 0.1) is 0 Å². The molecule has 1 amide bonds. The van der Waals surface area contributed by atoms with Gasteiger partial charge in [0.1, 0.15) is 11.5 Å². The molecule has 0 bridgehead atoms. The molecule has 1 N–H and O–H groups in total. The van der Waals surface area contributed by atoms with E-state index in [-0.39, 0.29) is 5.91 Å². The maximum atomic E-state index is 12.5. The van der Waals surface area contributed by atoms with Crippen LogP contribution in [0.5, 0.6) is 5.75 Å². The summed E-state index contributed by atoms with van der Waals surface area (Å²) in [5.41, 5.74) is 3.34. The van der Waals surface area contributed by atoms with E-state index in [1.165, 1.54) is 11.1 Å². The van der Waals surface area contributed by atoms with Gasteiger partial charge in [-0.15, -0.1) is 0 Å². The molecule has 0 saturated carbocycles. The van der Waals surface area contributed by atoms with E-state index in [9.17, 15) is 4.79 Å². The van der Waals surface area contributed by atoms with Gasteiger partial charge in [0.2, 0.25) is 0 Å². The molecule has 0 spiro atoms. The standard InChI is InChI=1S/C28H29N3O3/c1-33-25-12-10-23(11-13-25)20-31(19-22-7-3-2-4-8-22)21-26-14-15-27(34-26)28(32)30-18-16-24-9-5-6-17-29-24/h2-15,17H,16,18-21H2,1H3,(H,30,32). The van der Waals surface area contributed by atoms with Crippen molar-refractivity contribution >= 4 is 5.91 Å². The van der Waals surface area contributed by atoms with Gasteiger partial charge >= 0.3 is 0 Å². The molecule has 2 aromatic heterocycles. The van der Waals surface area contributed by atoms with Gasteiger partial charge in [-0.05, 0) is 47.5 Å². The summed E-state index contributed by atoms with van der Waals surface area (Å²) < 4.78 is 11.2. The normalized spacial score (nSPS) is 10.9. The third-order valence-corrected chi connectivity index (χ3v) is 5.47. The highest BCUT2D eigenvalue weighted by Gasteiger charge is 2.15. The van der Waals surface area contributed by atoms with Crippen molar-refractivity contribution in [1.82, 2.24) is 15.2 Å². The number of carbonyl (C=O) groups is 1. The summed E-state index contributed by atoms with van der Waals surface area (Å²) in [7, 11) is 1.67. The SMILES string of the molecule is COc1ccc(CN(Cc2ccccc2)Cc2ccc(C(=O)NCCc3ccccn3)o2)cc1. The summed E-state index contributed by atoms with van der Waals surface area (Å²) in [5, 5.41) is 2.91. The number of benzene rings is 2. The van der Waals surface area contributed by atoms with Crippen molar-refractivity contribution in [3.63, 3.8) is 0 Å². The van der Waals surface area contributed by atoms with Gasteiger partial charge in [-0.1, -0.05) is 48.5 Å². The molecule has 34 heavy (non-hydrogen) atoms. The van der Waals surface area contributed by atoms with E-state index >= 15 is 0 Å². The van der Waals surface area contributed by atoms with Crippen LogP contribution in [0.3, 0.4) is 0 Å². The number of methoxy groups -OCH3 is 1. The van der Waals surface area contributed by atoms with Gasteiger partial charge in [0, 0.05) is 37.9 Å². The first-order valence-corrected chi connectivity index (χ1v) is 11.4. The number of nitrogens with one attached hydrogen (secondary N) is 1. The molecule has 2 heterocycles. The van der Waals surface area contributed by atoms with E-state index in [1.807, 2.05) is 54.6 Å². The third kappa shape index (κ3) is 6.80. The number of furan rings is 1. The smallest absolute Gasteiger partial charge is 0.287 e. The van der Waals surface area contributed by atoms with Gasteiger partial charge in [-0.3, -0.25) is 14.7 Å². The fourth-order valence-electron chi connectivity index (χ4n) is 3.74. The minimum absolute atomic E-state index is 0.216. The molecule has 0 radical (unpaired) electrons. The predicted octanol–water partition coefficient (Wildman–Crippen LogP) is 4.86. The third-order valence-electron chi connectivity index (χ3n) is 5.47. The Balaban J connectivity index is 1.38. The zero-order chi connectivity index (χ0) is 23.6. The molecule has 0 saturated heterocycles. The summed E-state index contributed by atoms with van der Waals surface area (Å²) >= 11 is 0. The first-order chi connectivity index (χ1) is 16.7. The monoisotopic (exact) mass is 455 g/mol. The average molecular weight is 456 g/mol. The molecular formula is C28H29N3O3. The van der Waals surface area contributed by atoms with Crippen LogP contribution in [0.1, 0.15) is 33.1 Å². The van der Waals surface area contributed by atoms with Gasteiger partial charge < -0.3 is 14.5 Å². The Labute approximate surface area is 200 Å². The summed E-state index contributed by atoms with van der Waals surface area (Å²) in [6.45, 7) is 2.59. The van der Waals surface area contributed by atoms with Crippen molar-refractivity contribution in [2.45, 2.75) is 26.1 Å². The Bertz CT molecular complexity index is 1160. The van der Waals surface area contributed by atoms with Crippen molar-refractivity contribution in [3.05, 3.63) is 119 Å². The molecule has 0 unspecified atom stereocenters. The molecule has 0 fully saturated rings. The Morgan fingerprint density at radius 3 is 2.32 bits per heavy atom. The topological polar surface area (TPSA) is 67.6 Å². The second-order valence-corrected chi connectivity index (χ2v) is 8.07. The minimum atomic E-state index is -0.216. The molecular weight excluding hydrogens is 426 g/mol. The lowest BCUT2D eigenvalue weighted by atomic mass is 10.1.